The van der Waals surface area contributed by atoms with Gasteiger partial charge in [0.15, 0.2) is 12.6 Å². The number of hydrogen-bond donors (Lipinski definition) is 6. The number of esters is 1. The molecule has 2 fully saturated rings. The Morgan fingerprint density at radius 1 is 0.833 bits per heavy atom. The van der Waals surface area contributed by atoms with E-state index in [9.17, 15) is 45.0 Å². The van der Waals surface area contributed by atoms with Gasteiger partial charge in [0, 0.05) is 13.0 Å². The Labute approximate surface area is 241 Å². The van der Waals surface area contributed by atoms with Gasteiger partial charge >= 0.3 is 5.97 Å². The fourth-order valence-corrected chi connectivity index (χ4v) is 5.28. The zero-order valence-electron chi connectivity index (χ0n) is 22.9. The van der Waals surface area contributed by atoms with E-state index in [-0.39, 0.29) is 30.1 Å². The van der Waals surface area contributed by atoms with Gasteiger partial charge < -0.3 is 54.3 Å². The molecule has 0 spiro atoms. The Hall–Kier alpha value is -2.57. The molecule has 3 heterocycles. The molecular weight excluding hydrogens is 562 g/mol. The van der Waals surface area contributed by atoms with Gasteiger partial charge in [0.2, 0.25) is 0 Å². The predicted molar refractivity (Wildman–Crippen MR) is 138 cm³/mol. The van der Waals surface area contributed by atoms with Crippen molar-refractivity contribution in [2.45, 2.75) is 87.0 Å². The van der Waals surface area contributed by atoms with Crippen LogP contribution < -0.4 is 0 Å². The molecule has 15 nitrogen and oxygen atoms in total. The van der Waals surface area contributed by atoms with Gasteiger partial charge in [0.05, 0.1) is 31.5 Å². The fraction of sp³-hybridized carbons (Fsp3) is 0.667. The van der Waals surface area contributed by atoms with Crippen molar-refractivity contribution in [3.63, 3.8) is 0 Å². The van der Waals surface area contributed by atoms with Crippen molar-refractivity contribution in [2.75, 3.05) is 26.9 Å². The van der Waals surface area contributed by atoms with Crippen molar-refractivity contribution in [2.24, 2.45) is 0 Å². The van der Waals surface area contributed by atoms with Gasteiger partial charge in [-0.15, -0.1) is 0 Å². The summed E-state index contributed by atoms with van der Waals surface area (Å²) < 4.78 is 27.7. The third-order valence-electron chi connectivity index (χ3n) is 7.62. The predicted octanol–water partition coefficient (Wildman–Crippen LogP) is -2.34. The first-order chi connectivity index (χ1) is 20.1. The molecule has 0 bridgehead atoms. The second-order valence-electron chi connectivity index (χ2n) is 10.3. The maximum atomic E-state index is 13.5. The van der Waals surface area contributed by atoms with Gasteiger partial charge in [-0.2, -0.15) is 0 Å². The van der Waals surface area contributed by atoms with E-state index in [0.717, 1.165) is 4.90 Å². The molecular formula is C27H37NO14. The van der Waals surface area contributed by atoms with Gasteiger partial charge in [-0.1, -0.05) is 18.6 Å². The maximum Gasteiger partial charge on any atom is 0.305 e. The van der Waals surface area contributed by atoms with Crippen molar-refractivity contribution < 1.29 is 68.7 Å². The van der Waals surface area contributed by atoms with E-state index in [2.05, 4.69) is 4.74 Å². The quantitative estimate of drug-likeness (QED) is 0.0842. The molecule has 15 heteroatoms. The first kappa shape index (κ1) is 32.3. The summed E-state index contributed by atoms with van der Waals surface area (Å²) in [7, 11) is 1.29. The Morgan fingerprint density at radius 3 is 2.02 bits per heavy atom. The number of imide groups is 1. The molecule has 234 valence electrons. The van der Waals surface area contributed by atoms with Crippen LogP contribution in [0.2, 0.25) is 0 Å². The number of ether oxygens (including phenoxy) is 5. The van der Waals surface area contributed by atoms with Crippen LogP contribution in [0.25, 0.3) is 0 Å². The monoisotopic (exact) mass is 599 g/mol. The highest BCUT2D eigenvalue weighted by Crippen LogP contribution is 2.36. The molecule has 10 atom stereocenters. The van der Waals surface area contributed by atoms with Gasteiger partial charge in [-0.25, -0.2) is 0 Å². The summed E-state index contributed by atoms with van der Waals surface area (Å²) in [5.74, 6) is -1.81. The highest BCUT2D eigenvalue weighted by molar-refractivity contribution is 6.21. The largest absolute Gasteiger partial charge is 0.469 e. The molecule has 3 aliphatic heterocycles. The molecule has 42 heavy (non-hydrogen) atoms. The lowest BCUT2D eigenvalue weighted by Gasteiger charge is -2.49. The summed E-state index contributed by atoms with van der Waals surface area (Å²) in [5.41, 5.74) is 0.184. The second-order valence-corrected chi connectivity index (χ2v) is 10.3. The Balaban J connectivity index is 1.61. The summed E-state index contributed by atoms with van der Waals surface area (Å²) in [6, 6.07) is 4.59. The summed E-state index contributed by atoms with van der Waals surface area (Å²) >= 11 is 0. The molecule has 0 saturated carbocycles. The van der Waals surface area contributed by atoms with Crippen LogP contribution in [0.1, 0.15) is 46.4 Å². The fourth-order valence-electron chi connectivity index (χ4n) is 5.28. The Morgan fingerprint density at radius 2 is 1.43 bits per heavy atom. The summed E-state index contributed by atoms with van der Waals surface area (Å²) in [4.78, 5) is 39.2. The average Bonchev–Trinajstić information content (AvgIpc) is 3.25. The summed E-state index contributed by atoms with van der Waals surface area (Å²) in [5, 5.41) is 61.7. The number of hydrogen-bond acceptors (Lipinski definition) is 14. The minimum absolute atomic E-state index is 0.0342. The Kier molecular flexibility index (Phi) is 11.0. The number of benzene rings is 1. The van der Waals surface area contributed by atoms with Gasteiger partial charge in [-0.05, 0) is 25.0 Å². The number of unbranched alkanes of at least 4 members (excludes halogenated alkanes) is 2. The number of aliphatic hydroxyl groups excluding tert-OH is 6. The van der Waals surface area contributed by atoms with Crippen molar-refractivity contribution in [1.82, 2.24) is 4.90 Å². The topological polar surface area (TPSA) is 222 Å². The number of amides is 2. The summed E-state index contributed by atoms with van der Waals surface area (Å²) in [6.07, 6.45) is -12.7. The first-order valence-electron chi connectivity index (χ1n) is 13.7. The highest BCUT2D eigenvalue weighted by Gasteiger charge is 2.56. The maximum absolute atomic E-state index is 13.5. The number of carbonyl (C=O) groups is 3. The van der Waals surface area contributed by atoms with E-state index in [0.29, 0.717) is 19.3 Å². The minimum atomic E-state index is -1.86. The molecule has 3 aliphatic rings. The number of fused-ring (bicyclic) bond motifs is 1. The lowest BCUT2D eigenvalue weighted by atomic mass is 9.94. The van der Waals surface area contributed by atoms with Gasteiger partial charge in [0.1, 0.15) is 48.8 Å². The SMILES string of the molecule is COC(=O)CCCCCO[C@@H]1O[C@H](CO)[C@@H](O)[C@H](O[C@H]2O[C@H](CO)[C@H](O)[C@H](O)[C@H]2O)[C@H]1N1C(=O)c2ccccc2C1=O. The molecule has 2 saturated heterocycles. The van der Waals surface area contributed by atoms with E-state index in [1.54, 1.807) is 12.1 Å². The lowest BCUT2D eigenvalue weighted by Crippen LogP contribution is -2.68. The third kappa shape index (κ3) is 6.50. The van der Waals surface area contributed by atoms with Gasteiger partial charge in [-0.3, -0.25) is 19.3 Å². The smallest absolute Gasteiger partial charge is 0.305 e. The van der Waals surface area contributed by atoms with Crippen molar-refractivity contribution in [3.8, 4) is 0 Å². The molecule has 1 aromatic rings. The third-order valence-corrected chi connectivity index (χ3v) is 7.62. The van der Waals surface area contributed by atoms with E-state index >= 15 is 0 Å². The molecule has 0 aromatic heterocycles. The minimum Gasteiger partial charge on any atom is -0.469 e. The lowest BCUT2D eigenvalue weighted by molar-refractivity contribution is -0.349. The van der Waals surface area contributed by atoms with Crippen LogP contribution in [0, 0.1) is 0 Å². The number of carbonyl (C=O) groups excluding carboxylic acids is 3. The molecule has 0 radical (unpaired) electrons. The number of nitrogens with zero attached hydrogens (tertiary/aromatic N) is 1. The van der Waals surface area contributed by atoms with E-state index in [4.69, 9.17) is 18.9 Å². The van der Waals surface area contributed by atoms with Crippen LogP contribution in [0.3, 0.4) is 0 Å². The van der Waals surface area contributed by atoms with Crippen LogP contribution in [0.5, 0.6) is 0 Å². The number of methoxy groups -OCH3 is 1. The van der Waals surface area contributed by atoms with Gasteiger partial charge in [0.25, 0.3) is 11.8 Å². The zero-order valence-corrected chi connectivity index (χ0v) is 22.9. The van der Waals surface area contributed by atoms with Crippen LogP contribution >= 0.6 is 0 Å². The van der Waals surface area contributed by atoms with Crippen molar-refractivity contribution in [1.29, 1.82) is 0 Å². The van der Waals surface area contributed by atoms with E-state index in [1.807, 2.05) is 0 Å². The molecule has 0 aliphatic carbocycles. The average molecular weight is 600 g/mol. The summed E-state index contributed by atoms with van der Waals surface area (Å²) in [6.45, 7) is -1.43. The van der Waals surface area contributed by atoms with Crippen LogP contribution in [-0.4, -0.2) is 142 Å². The number of rotatable bonds is 12. The van der Waals surface area contributed by atoms with E-state index in [1.165, 1.54) is 19.2 Å². The molecule has 1 aromatic carbocycles. The zero-order chi connectivity index (χ0) is 30.6. The van der Waals surface area contributed by atoms with Crippen LogP contribution in [0.4, 0.5) is 0 Å². The standard InChI is InChI=1S/C27H37NO14/c1-38-17(31)9-3-2-6-10-39-26-18(28-24(36)13-7-4-5-8-14(13)25(28)37)23(20(33)16(12-30)40-26)42-27-22(35)21(34)19(32)15(11-29)41-27/h4-5,7-8,15-16,18-23,26-27,29-30,32-35H,2-3,6,9-12H2,1H3/t15-,16-,18-,19+,20-,21+,22-,23-,26-,27-/m1/s1. The van der Waals surface area contributed by atoms with E-state index < -0.39 is 86.4 Å². The molecule has 0 unspecified atom stereocenters. The molecule has 4 rings (SSSR count). The normalized spacial score (nSPS) is 34.9. The van der Waals surface area contributed by atoms with Crippen LogP contribution in [0.15, 0.2) is 24.3 Å². The number of aliphatic hydroxyl groups is 6. The highest BCUT2D eigenvalue weighted by atomic mass is 16.7. The first-order valence-corrected chi connectivity index (χ1v) is 13.7. The Bertz CT molecular complexity index is 1070. The second kappa shape index (κ2) is 14.3. The van der Waals surface area contributed by atoms with Crippen LogP contribution in [-0.2, 0) is 28.5 Å². The van der Waals surface area contributed by atoms with Crippen molar-refractivity contribution in [3.05, 3.63) is 35.4 Å². The molecule has 2 amide bonds. The van der Waals surface area contributed by atoms with Crippen molar-refractivity contribution >= 4 is 17.8 Å². The molecule has 6 N–H and O–H groups in total.